The molecule has 1 rings (SSSR count). The lowest BCUT2D eigenvalue weighted by atomic mass is 9.92. The quantitative estimate of drug-likeness (QED) is 0.768. The van der Waals surface area contributed by atoms with Crippen molar-refractivity contribution in [3.63, 3.8) is 0 Å². The Hall–Kier alpha value is -0.750. The van der Waals surface area contributed by atoms with E-state index in [0.29, 0.717) is 19.4 Å². The van der Waals surface area contributed by atoms with E-state index in [2.05, 4.69) is 5.32 Å². The number of thioether (sulfide) groups is 1. The molecule has 0 bridgehead atoms. The zero-order valence-corrected chi connectivity index (χ0v) is 11.0. The molecule has 6 heteroatoms. The second kappa shape index (κ2) is 6.26. The van der Waals surface area contributed by atoms with Crippen molar-refractivity contribution in [1.29, 1.82) is 0 Å². The summed E-state index contributed by atoms with van der Waals surface area (Å²) in [6.45, 7) is 3.87. The molecule has 1 saturated heterocycles. The van der Waals surface area contributed by atoms with Crippen molar-refractivity contribution in [1.82, 2.24) is 5.32 Å². The molecule has 0 spiro atoms. The van der Waals surface area contributed by atoms with Crippen LogP contribution in [0.3, 0.4) is 0 Å². The Morgan fingerprint density at radius 2 is 2.06 bits per heavy atom. The van der Waals surface area contributed by atoms with E-state index < -0.39 is 17.6 Å². The van der Waals surface area contributed by atoms with Crippen molar-refractivity contribution in [3.05, 3.63) is 0 Å². The molecule has 0 saturated carbocycles. The van der Waals surface area contributed by atoms with Gasteiger partial charge in [-0.3, -0.25) is 4.79 Å². The second-order valence-corrected chi connectivity index (χ2v) is 5.31. The first-order chi connectivity index (χ1) is 8.02. The molecule has 0 radical (unpaired) electrons. The number of carbonyl (C=O) groups is 2. The summed E-state index contributed by atoms with van der Waals surface area (Å²) in [5, 5.41) is 11.9. The summed E-state index contributed by atoms with van der Waals surface area (Å²) in [7, 11) is 0. The summed E-state index contributed by atoms with van der Waals surface area (Å²) in [6, 6.07) is 0. The van der Waals surface area contributed by atoms with Crippen LogP contribution in [-0.4, -0.2) is 46.7 Å². The number of hydrogen-bond donors (Lipinski definition) is 2. The minimum absolute atomic E-state index is 0.346. The van der Waals surface area contributed by atoms with Crippen LogP contribution in [0.1, 0.15) is 26.7 Å². The zero-order chi connectivity index (χ0) is 12.9. The first-order valence-corrected chi connectivity index (χ1v) is 6.92. The van der Waals surface area contributed by atoms with E-state index in [1.54, 1.807) is 25.6 Å². The fraction of sp³-hybridized carbons (Fsp3) is 0.818. The molecule has 1 amide bonds. The molecule has 1 aliphatic rings. The van der Waals surface area contributed by atoms with Gasteiger partial charge in [0.25, 0.3) is 0 Å². The van der Waals surface area contributed by atoms with Gasteiger partial charge in [-0.25, -0.2) is 4.79 Å². The number of carbonyl (C=O) groups excluding carboxylic acids is 1. The summed E-state index contributed by atoms with van der Waals surface area (Å²) >= 11 is 1.71. The number of rotatable bonds is 5. The molecule has 0 aromatic rings. The van der Waals surface area contributed by atoms with Gasteiger partial charge in [0.15, 0.2) is 0 Å². The standard InChI is InChI=1S/C11H19NO4S/c1-3-16-8(2)9(13)12-11(10(14)15)4-6-17-7-5-11/h8H,3-7H2,1-2H3,(H,12,13)(H,14,15). The lowest BCUT2D eigenvalue weighted by molar-refractivity contribution is -0.150. The minimum Gasteiger partial charge on any atom is -0.480 e. The number of carboxylic acids is 1. The average molecular weight is 261 g/mol. The van der Waals surface area contributed by atoms with Crippen LogP contribution in [0.2, 0.25) is 0 Å². The Balaban J connectivity index is 2.66. The Labute approximate surface area is 105 Å². The Morgan fingerprint density at radius 1 is 1.47 bits per heavy atom. The maximum absolute atomic E-state index is 11.8. The van der Waals surface area contributed by atoms with Gasteiger partial charge in [0.05, 0.1) is 0 Å². The van der Waals surface area contributed by atoms with Crippen LogP contribution < -0.4 is 5.32 Å². The number of aliphatic carboxylic acids is 1. The fourth-order valence-electron chi connectivity index (χ4n) is 1.78. The van der Waals surface area contributed by atoms with E-state index in [-0.39, 0.29) is 5.91 Å². The van der Waals surface area contributed by atoms with Crippen molar-refractivity contribution in [3.8, 4) is 0 Å². The van der Waals surface area contributed by atoms with Gasteiger partial charge >= 0.3 is 5.97 Å². The fourth-order valence-corrected chi connectivity index (χ4v) is 2.97. The van der Waals surface area contributed by atoms with Gasteiger partial charge in [0, 0.05) is 6.61 Å². The summed E-state index contributed by atoms with van der Waals surface area (Å²) in [4.78, 5) is 23.1. The minimum atomic E-state index is -1.10. The first kappa shape index (κ1) is 14.3. The maximum Gasteiger partial charge on any atom is 0.329 e. The largest absolute Gasteiger partial charge is 0.480 e. The predicted octanol–water partition coefficient (Wildman–Crippen LogP) is 0.878. The first-order valence-electron chi connectivity index (χ1n) is 5.76. The van der Waals surface area contributed by atoms with Gasteiger partial charge in [-0.1, -0.05) is 0 Å². The number of amides is 1. The average Bonchev–Trinajstić information content (AvgIpc) is 2.30. The molecule has 98 valence electrons. The number of nitrogens with one attached hydrogen (secondary N) is 1. The van der Waals surface area contributed by atoms with Crippen LogP contribution in [0, 0.1) is 0 Å². The van der Waals surface area contributed by atoms with E-state index in [4.69, 9.17) is 4.74 Å². The highest BCUT2D eigenvalue weighted by molar-refractivity contribution is 7.99. The monoisotopic (exact) mass is 261 g/mol. The van der Waals surface area contributed by atoms with Gasteiger partial charge in [0.2, 0.25) is 5.91 Å². The van der Waals surface area contributed by atoms with Crippen LogP contribution >= 0.6 is 11.8 Å². The Morgan fingerprint density at radius 3 is 2.53 bits per heavy atom. The van der Waals surface area contributed by atoms with Gasteiger partial charge in [0.1, 0.15) is 11.6 Å². The van der Waals surface area contributed by atoms with Gasteiger partial charge in [-0.05, 0) is 38.2 Å². The third-order valence-corrected chi connectivity index (χ3v) is 3.89. The lowest BCUT2D eigenvalue weighted by Gasteiger charge is -2.34. The van der Waals surface area contributed by atoms with Crippen molar-refractivity contribution in [2.45, 2.75) is 38.3 Å². The maximum atomic E-state index is 11.8. The van der Waals surface area contributed by atoms with Gasteiger partial charge in [-0.2, -0.15) is 11.8 Å². The van der Waals surface area contributed by atoms with Crippen molar-refractivity contribution < 1.29 is 19.4 Å². The highest BCUT2D eigenvalue weighted by Gasteiger charge is 2.41. The summed E-state index contributed by atoms with van der Waals surface area (Å²) in [5.74, 6) is 0.224. The molecule has 1 atom stereocenters. The highest BCUT2D eigenvalue weighted by Crippen LogP contribution is 2.27. The zero-order valence-electron chi connectivity index (χ0n) is 10.2. The summed E-state index contributed by atoms with van der Waals surface area (Å²) in [5.41, 5.74) is -1.10. The SMILES string of the molecule is CCOC(C)C(=O)NC1(C(=O)O)CCSCC1. The molecular weight excluding hydrogens is 242 g/mol. The van der Waals surface area contributed by atoms with Crippen LogP contribution in [0.4, 0.5) is 0 Å². The molecule has 1 fully saturated rings. The van der Waals surface area contributed by atoms with Crippen LogP contribution in [0.15, 0.2) is 0 Å². The molecular formula is C11H19NO4S. The van der Waals surface area contributed by atoms with Crippen molar-refractivity contribution in [2.75, 3.05) is 18.1 Å². The molecule has 0 aliphatic carbocycles. The smallest absolute Gasteiger partial charge is 0.329 e. The molecule has 17 heavy (non-hydrogen) atoms. The van der Waals surface area contributed by atoms with E-state index in [0.717, 1.165) is 11.5 Å². The molecule has 0 aromatic carbocycles. The van der Waals surface area contributed by atoms with Crippen molar-refractivity contribution >= 4 is 23.6 Å². The molecule has 1 unspecified atom stereocenters. The topological polar surface area (TPSA) is 75.6 Å². The van der Waals surface area contributed by atoms with Crippen LogP contribution in [0.25, 0.3) is 0 Å². The molecule has 1 heterocycles. The van der Waals surface area contributed by atoms with Gasteiger partial charge < -0.3 is 15.2 Å². The van der Waals surface area contributed by atoms with Crippen molar-refractivity contribution in [2.24, 2.45) is 0 Å². The number of ether oxygens (including phenoxy) is 1. The highest BCUT2D eigenvalue weighted by atomic mass is 32.2. The predicted molar refractivity (Wildman–Crippen MR) is 66.2 cm³/mol. The van der Waals surface area contributed by atoms with Crippen LogP contribution in [0.5, 0.6) is 0 Å². The number of hydrogen-bond acceptors (Lipinski definition) is 4. The Kier molecular flexibility index (Phi) is 5.27. The lowest BCUT2D eigenvalue weighted by Crippen LogP contribution is -2.58. The third kappa shape index (κ3) is 3.61. The Bertz CT molecular complexity index is 289. The molecule has 5 nitrogen and oxygen atoms in total. The van der Waals surface area contributed by atoms with E-state index in [1.807, 2.05) is 0 Å². The van der Waals surface area contributed by atoms with E-state index in [9.17, 15) is 14.7 Å². The summed E-state index contributed by atoms with van der Waals surface area (Å²) in [6.07, 6.45) is 0.334. The normalized spacial score (nSPS) is 20.6. The molecule has 2 N–H and O–H groups in total. The van der Waals surface area contributed by atoms with E-state index >= 15 is 0 Å². The van der Waals surface area contributed by atoms with Gasteiger partial charge in [-0.15, -0.1) is 0 Å². The van der Waals surface area contributed by atoms with Crippen LogP contribution in [-0.2, 0) is 14.3 Å². The number of carboxylic acid groups (broad SMARTS) is 1. The second-order valence-electron chi connectivity index (χ2n) is 4.09. The molecule has 1 aliphatic heterocycles. The van der Waals surface area contributed by atoms with E-state index in [1.165, 1.54) is 0 Å². The molecule has 0 aromatic heterocycles. The summed E-state index contributed by atoms with van der Waals surface area (Å²) < 4.78 is 5.16. The third-order valence-electron chi connectivity index (χ3n) is 2.90.